The van der Waals surface area contributed by atoms with Crippen molar-refractivity contribution >= 4 is 5.69 Å². The lowest BCUT2D eigenvalue weighted by Gasteiger charge is -1.96. The van der Waals surface area contributed by atoms with Crippen molar-refractivity contribution in [1.29, 1.82) is 0 Å². The monoisotopic (exact) mass is 174 g/mol. The molecule has 2 aromatic heterocycles. The summed E-state index contributed by atoms with van der Waals surface area (Å²) in [6.07, 6.45) is 3.49. The minimum atomic E-state index is 0.686. The van der Waals surface area contributed by atoms with Gasteiger partial charge in [0.25, 0.3) is 0 Å². The highest BCUT2D eigenvalue weighted by Crippen LogP contribution is 2.10. The summed E-state index contributed by atoms with van der Waals surface area (Å²) in [5, 5.41) is 4.21. The van der Waals surface area contributed by atoms with E-state index in [0.717, 1.165) is 11.5 Å². The van der Waals surface area contributed by atoms with E-state index in [2.05, 4.69) is 10.1 Å². The highest BCUT2D eigenvalue weighted by molar-refractivity contribution is 5.41. The van der Waals surface area contributed by atoms with E-state index in [4.69, 9.17) is 5.73 Å². The van der Waals surface area contributed by atoms with Crippen LogP contribution in [-0.4, -0.2) is 14.8 Å². The molecule has 66 valence electrons. The number of hydrogen-bond donors (Lipinski definition) is 1. The molecule has 0 amide bonds. The van der Waals surface area contributed by atoms with E-state index in [9.17, 15) is 0 Å². The van der Waals surface area contributed by atoms with Gasteiger partial charge in [0, 0.05) is 6.20 Å². The van der Waals surface area contributed by atoms with Crippen LogP contribution in [0.2, 0.25) is 0 Å². The molecule has 0 aliphatic carbocycles. The largest absolute Gasteiger partial charge is 0.396 e. The molecule has 0 aliphatic rings. The third-order valence-electron chi connectivity index (χ3n) is 1.82. The first kappa shape index (κ1) is 7.79. The Kier molecular flexibility index (Phi) is 1.73. The number of nitrogen functional groups attached to an aromatic ring is 1. The van der Waals surface area contributed by atoms with Crippen LogP contribution >= 0.6 is 0 Å². The standard InChI is InChI=1S/C9H10N4/c1-7-8(10)6-13(12-7)9-4-2-3-5-11-9/h2-6H,10H2,1H3. The normalized spacial score (nSPS) is 10.2. The van der Waals surface area contributed by atoms with Gasteiger partial charge in [-0.25, -0.2) is 9.67 Å². The number of aromatic nitrogens is 3. The van der Waals surface area contributed by atoms with Crippen molar-refractivity contribution in [1.82, 2.24) is 14.8 Å². The summed E-state index contributed by atoms with van der Waals surface area (Å²) in [5.74, 6) is 0.780. The second-order valence-electron chi connectivity index (χ2n) is 2.80. The lowest BCUT2D eigenvalue weighted by Crippen LogP contribution is -1.96. The van der Waals surface area contributed by atoms with Crippen LogP contribution in [0, 0.1) is 6.92 Å². The molecule has 4 nitrogen and oxygen atoms in total. The average Bonchev–Trinajstić information content (AvgIpc) is 2.49. The van der Waals surface area contributed by atoms with E-state index in [-0.39, 0.29) is 0 Å². The Labute approximate surface area is 76.0 Å². The fourth-order valence-electron chi connectivity index (χ4n) is 1.08. The number of aryl methyl sites for hydroxylation is 1. The summed E-state index contributed by atoms with van der Waals surface area (Å²) in [6, 6.07) is 5.66. The predicted molar refractivity (Wildman–Crippen MR) is 50.5 cm³/mol. The van der Waals surface area contributed by atoms with E-state index in [1.165, 1.54) is 0 Å². The Morgan fingerprint density at radius 1 is 1.38 bits per heavy atom. The second kappa shape index (κ2) is 2.90. The second-order valence-corrected chi connectivity index (χ2v) is 2.80. The molecular weight excluding hydrogens is 164 g/mol. The molecule has 0 bridgehead atoms. The summed E-state index contributed by atoms with van der Waals surface area (Å²) in [5.41, 5.74) is 7.18. The van der Waals surface area contributed by atoms with Crippen molar-refractivity contribution in [3.05, 3.63) is 36.3 Å². The summed E-state index contributed by atoms with van der Waals surface area (Å²) in [4.78, 5) is 4.15. The molecule has 4 heteroatoms. The van der Waals surface area contributed by atoms with Crippen molar-refractivity contribution < 1.29 is 0 Å². The van der Waals surface area contributed by atoms with Crippen LogP contribution in [0.5, 0.6) is 0 Å². The van der Waals surface area contributed by atoms with Crippen molar-refractivity contribution in [3.8, 4) is 5.82 Å². The minimum absolute atomic E-state index is 0.686. The Bertz CT molecular complexity index is 385. The number of pyridine rings is 1. The first-order chi connectivity index (χ1) is 6.27. The zero-order chi connectivity index (χ0) is 9.26. The van der Waals surface area contributed by atoms with Crippen LogP contribution in [-0.2, 0) is 0 Å². The van der Waals surface area contributed by atoms with Crippen LogP contribution in [0.3, 0.4) is 0 Å². The maximum Gasteiger partial charge on any atom is 0.153 e. The Morgan fingerprint density at radius 3 is 2.77 bits per heavy atom. The number of nitrogens with zero attached hydrogens (tertiary/aromatic N) is 3. The smallest absolute Gasteiger partial charge is 0.153 e. The van der Waals surface area contributed by atoms with Gasteiger partial charge in [0.1, 0.15) is 0 Å². The van der Waals surface area contributed by atoms with Gasteiger partial charge in [0.05, 0.1) is 17.6 Å². The highest BCUT2D eigenvalue weighted by atomic mass is 15.3. The summed E-state index contributed by atoms with van der Waals surface area (Å²) >= 11 is 0. The molecule has 2 N–H and O–H groups in total. The molecular formula is C9H10N4. The molecule has 0 aliphatic heterocycles. The fourth-order valence-corrected chi connectivity index (χ4v) is 1.08. The van der Waals surface area contributed by atoms with Crippen molar-refractivity contribution in [2.45, 2.75) is 6.92 Å². The Hall–Kier alpha value is -1.84. The summed E-state index contributed by atoms with van der Waals surface area (Å²) in [6.45, 7) is 1.87. The molecule has 13 heavy (non-hydrogen) atoms. The van der Waals surface area contributed by atoms with E-state index in [0.29, 0.717) is 5.69 Å². The molecule has 0 radical (unpaired) electrons. The van der Waals surface area contributed by atoms with Crippen molar-refractivity contribution in [3.63, 3.8) is 0 Å². The fraction of sp³-hybridized carbons (Fsp3) is 0.111. The molecule has 2 rings (SSSR count). The third-order valence-corrected chi connectivity index (χ3v) is 1.82. The van der Waals surface area contributed by atoms with E-state index in [1.807, 2.05) is 25.1 Å². The molecule has 0 saturated heterocycles. The van der Waals surface area contributed by atoms with E-state index >= 15 is 0 Å². The van der Waals surface area contributed by atoms with E-state index < -0.39 is 0 Å². The van der Waals surface area contributed by atoms with Crippen molar-refractivity contribution in [2.24, 2.45) is 0 Å². The summed E-state index contributed by atoms with van der Waals surface area (Å²) < 4.78 is 1.67. The Morgan fingerprint density at radius 2 is 2.23 bits per heavy atom. The van der Waals surface area contributed by atoms with E-state index in [1.54, 1.807) is 17.1 Å². The predicted octanol–water partition coefficient (Wildman–Crippen LogP) is 1.16. The maximum atomic E-state index is 5.67. The maximum absolute atomic E-state index is 5.67. The molecule has 0 aromatic carbocycles. The molecule has 0 saturated carbocycles. The zero-order valence-corrected chi connectivity index (χ0v) is 7.31. The molecule has 2 heterocycles. The van der Waals surface area contributed by atoms with Gasteiger partial charge >= 0.3 is 0 Å². The molecule has 2 aromatic rings. The quantitative estimate of drug-likeness (QED) is 0.705. The van der Waals surface area contributed by atoms with Gasteiger partial charge < -0.3 is 5.73 Å². The first-order valence-electron chi connectivity index (χ1n) is 4.00. The van der Waals surface area contributed by atoms with Gasteiger partial charge in [-0.1, -0.05) is 6.07 Å². The molecule has 0 unspecified atom stereocenters. The number of rotatable bonds is 1. The Balaban J connectivity index is 2.48. The van der Waals surface area contributed by atoms with Crippen LogP contribution in [0.25, 0.3) is 5.82 Å². The van der Waals surface area contributed by atoms with Crippen LogP contribution in [0.15, 0.2) is 30.6 Å². The topological polar surface area (TPSA) is 56.7 Å². The lowest BCUT2D eigenvalue weighted by atomic mass is 10.4. The summed E-state index contributed by atoms with van der Waals surface area (Å²) in [7, 11) is 0. The van der Waals surface area contributed by atoms with Gasteiger partial charge in [-0.05, 0) is 19.1 Å². The van der Waals surface area contributed by atoms with Gasteiger partial charge in [0.2, 0.25) is 0 Å². The number of anilines is 1. The van der Waals surface area contributed by atoms with Crippen LogP contribution in [0.4, 0.5) is 5.69 Å². The van der Waals surface area contributed by atoms with Gasteiger partial charge in [-0.2, -0.15) is 5.10 Å². The van der Waals surface area contributed by atoms with Crippen LogP contribution in [0.1, 0.15) is 5.69 Å². The molecule has 0 atom stereocenters. The minimum Gasteiger partial charge on any atom is -0.396 e. The van der Waals surface area contributed by atoms with Gasteiger partial charge in [0.15, 0.2) is 5.82 Å². The average molecular weight is 174 g/mol. The van der Waals surface area contributed by atoms with Crippen molar-refractivity contribution in [2.75, 3.05) is 5.73 Å². The molecule has 0 fully saturated rings. The van der Waals surface area contributed by atoms with Gasteiger partial charge in [-0.15, -0.1) is 0 Å². The number of hydrogen-bond acceptors (Lipinski definition) is 3. The molecule has 0 spiro atoms. The highest BCUT2D eigenvalue weighted by Gasteiger charge is 2.02. The van der Waals surface area contributed by atoms with Crippen LogP contribution < -0.4 is 5.73 Å². The third kappa shape index (κ3) is 1.38. The lowest BCUT2D eigenvalue weighted by molar-refractivity contribution is 0.832. The number of nitrogens with two attached hydrogens (primary N) is 1. The zero-order valence-electron chi connectivity index (χ0n) is 7.31. The van der Waals surface area contributed by atoms with Gasteiger partial charge in [-0.3, -0.25) is 0 Å². The SMILES string of the molecule is Cc1nn(-c2ccccn2)cc1N. The first-order valence-corrected chi connectivity index (χ1v) is 4.00.